The number of halogens is 2. The normalized spacial score (nSPS) is 10.4. The summed E-state index contributed by atoms with van der Waals surface area (Å²) < 4.78 is 2.06. The lowest BCUT2D eigenvalue weighted by atomic mass is 10.0. The Balaban J connectivity index is 2.25. The molecule has 0 aromatic heterocycles. The van der Waals surface area contributed by atoms with E-state index >= 15 is 0 Å². The Morgan fingerprint density at radius 1 is 1.22 bits per heavy atom. The first-order chi connectivity index (χ1) is 8.58. The molecular formula is C15H12BrIO. The third-order valence-corrected chi connectivity index (χ3v) is 4.67. The molecule has 0 spiro atoms. The van der Waals surface area contributed by atoms with E-state index in [2.05, 4.69) is 38.5 Å². The molecule has 0 aliphatic heterocycles. The van der Waals surface area contributed by atoms with E-state index in [0.717, 1.165) is 24.7 Å². The van der Waals surface area contributed by atoms with Crippen LogP contribution in [0.1, 0.15) is 21.5 Å². The maximum atomic E-state index is 12.3. The number of rotatable bonds is 3. The number of carbonyl (C=O) groups is 1. The van der Waals surface area contributed by atoms with Gasteiger partial charge in [-0.25, -0.2) is 0 Å². The number of carbonyl (C=O) groups excluding carboxylic acids is 1. The molecule has 18 heavy (non-hydrogen) atoms. The van der Waals surface area contributed by atoms with Gasteiger partial charge in [0.25, 0.3) is 0 Å². The van der Waals surface area contributed by atoms with Crippen LogP contribution in [0.3, 0.4) is 0 Å². The lowest BCUT2D eigenvalue weighted by molar-refractivity contribution is 0.0992. The first kappa shape index (κ1) is 13.7. The second kappa shape index (κ2) is 5.97. The van der Waals surface area contributed by atoms with Gasteiger partial charge in [-0.1, -0.05) is 46.3 Å². The van der Waals surface area contributed by atoms with E-state index < -0.39 is 0 Å². The Labute approximate surface area is 129 Å². The van der Waals surface area contributed by atoms with Crippen molar-refractivity contribution in [2.45, 2.75) is 13.3 Å². The smallest absolute Gasteiger partial charge is 0.168 e. The number of benzene rings is 2. The van der Waals surface area contributed by atoms with Gasteiger partial charge in [-0.05, 0) is 52.8 Å². The van der Waals surface area contributed by atoms with E-state index in [1.165, 1.54) is 0 Å². The predicted octanol–water partition coefficient (Wildman–Crippen LogP) is 4.79. The van der Waals surface area contributed by atoms with Crippen molar-refractivity contribution in [1.29, 1.82) is 0 Å². The van der Waals surface area contributed by atoms with Crippen molar-refractivity contribution in [2.24, 2.45) is 0 Å². The van der Waals surface area contributed by atoms with Crippen LogP contribution in [-0.4, -0.2) is 5.78 Å². The van der Waals surface area contributed by atoms with Gasteiger partial charge >= 0.3 is 0 Å². The lowest BCUT2D eigenvalue weighted by Crippen LogP contribution is -2.06. The summed E-state index contributed by atoms with van der Waals surface area (Å²) >= 11 is 5.66. The summed E-state index contributed by atoms with van der Waals surface area (Å²) in [6.45, 7) is 2.03. The van der Waals surface area contributed by atoms with Crippen LogP contribution < -0.4 is 0 Å². The number of ketones is 1. The van der Waals surface area contributed by atoms with Gasteiger partial charge in [0.2, 0.25) is 0 Å². The van der Waals surface area contributed by atoms with Crippen molar-refractivity contribution in [2.75, 3.05) is 0 Å². The van der Waals surface area contributed by atoms with Crippen LogP contribution in [0, 0.1) is 10.5 Å². The summed E-state index contributed by atoms with van der Waals surface area (Å²) in [5, 5.41) is 0. The summed E-state index contributed by atoms with van der Waals surface area (Å²) in [6, 6.07) is 13.7. The topological polar surface area (TPSA) is 17.1 Å². The first-order valence-electron chi connectivity index (χ1n) is 5.60. The highest BCUT2D eigenvalue weighted by Crippen LogP contribution is 2.19. The standard InChI is InChI=1S/C15H12BrIO/c1-10-4-2-7-13(15(10)17)14(18)9-11-5-3-6-12(16)8-11/h2-8H,9H2,1H3. The van der Waals surface area contributed by atoms with E-state index in [1.807, 2.05) is 49.4 Å². The van der Waals surface area contributed by atoms with Crippen LogP contribution in [0.4, 0.5) is 0 Å². The van der Waals surface area contributed by atoms with E-state index in [-0.39, 0.29) is 5.78 Å². The fourth-order valence-corrected chi connectivity index (χ4v) is 2.90. The Morgan fingerprint density at radius 2 is 1.94 bits per heavy atom. The van der Waals surface area contributed by atoms with E-state index in [0.29, 0.717) is 6.42 Å². The second-order valence-electron chi connectivity index (χ2n) is 4.17. The molecule has 2 aromatic rings. The molecule has 0 N–H and O–H groups in total. The van der Waals surface area contributed by atoms with Gasteiger partial charge in [-0.15, -0.1) is 0 Å². The maximum absolute atomic E-state index is 12.3. The van der Waals surface area contributed by atoms with Crippen molar-refractivity contribution in [3.8, 4) is 0 Å². The molecule has 0 fully saturated rings. The van der Waals surface area contributed by atoms with Gasteiger partial charge in [-0.3, -0.25) is 4.79 Å². The summed E-state index contributed by atoms with van der Waals surface area (Å²) in [5.74, 6) is 0.168. The molecule has 0 amide bonds. The largest absolute Gasteiger partial charge is 0.294 e. The fourth-order valence-electron chi connectivity index (χ4n) is 1.79. The zero-order chi connectivity index (χ0) is 13.1. The van der Waals surface area contributed by atoms with Gasteiger partial charge in [0.05, 0.1) is 0 Å². The average Bonchev–Trinajstić information content (AvgIpc) is 2.32. The molecule has 0 unspecified atom stereocenters. The summed E-state index contributed by atoms with van der Waals surface area (Å²) in [4.78, 5) is 12.3. The molecule has 0 aliphatic carbocycles. The number of Topliss-reactive ketones (excluding diaryl/α,β-unsaturated/α-hetero) is 1. The number of hydrogen-bond donors (Lipinski definition) is 0. The lowest BCUT2D eigenvalue weighted by Gasteiger charge is -2.06. The third kappa shape index (κ3) is 3.20. The molecule has 0 bridgehead atoms. The van der Waals surface area contributed by atoms with E-state index in [1.54, 1.807) is 0 Å². The van der Waals surface area contributed by atoms with Crippen molar-refractivity contribution in [3.63, 3.8) is 0 Å². The van der Waals surface area contributed by atoms with Crippen molar-refractivity contribution >= 4 is 44.3 Å². The van der Waals surface area contributed by atoms with Crippen molar-refractivity contribution in [1.82, 2.24) is 0 Å². The van der Waals surface area contributed by atoms with Gasteiger partial charge in [0, 0.05) is 20.0 Å². The minimum Gasteiger partial charge on any atom is -0.294 e. The molecule has 3 heteroatoms. The van der Waals surface area contributed by atoms with Gasteiger partial charge in [0.15, 0.2) is 5.78 Å². The highest BCUT2D eigenvalue weighted by molar-refractivity contribution is 14.1. The van der Waals surface area contributed by atoms with Gasteiger partial charge in [0.1, 0.15) is 0 Å². The third-order valence-electron chi connectivity index (χ3n) is 2.75. The summed E-state index contributed by atoms with van der Waals surface area (Å²) in [5.41, 5.74) is 3.00. The summed E-state index contributed by atoms with van der Waals surface area (Å²) in [7, 11) is 0. The fraction of sp³-hybridized carbons (Fsp3) is 0.133. The van der Waals surface area contributed by atoms with Crippen LogP contribution >= 0.6 is 38.5 Å². The zero-order valence-electron chi connectivity index (χ0n) is 9.91. The molecule has 0 heterocycles. The van der Waals surface area contributed by atoms with Crippen LogP contribution in [0.2, 0.25) is 0 Å². The highest BCUT2D eigenvalue weighted by atomic mass is 127. The zero-order valence-corrected chi connectivity index (χ0v) is 13.7. The molecule has 0 aliphatic rings. The quantitative estimate of drug-likeness (QED) is 0.521. The van der Waals surface area contributed by atoms with Crippen LogP contribution in [0.5, 0.6) is 0 Å². The Hall–Kier alpha value is -0.680. The SMILES string of the molecule is Cc1cccc(C(=O)Cc2cccc(Br)c2)c1I. The molecule has 0 atom stereocenters. The Morgan fingerprint density at radius 3 is 2.67 bits per heavy atom. The van der Waals surface area contributed by atoms with Crippen LogP contribution in [0.15, 0.2) is 46.9 Å². The monoisotopic (exact) mass is 414 g/mol. The highest BCUT2D eigenvalue weighted by Gasteiger charge is 2.11. The maximum Gasteiger partial charge on any atom is 0.168 e. The molecule has 0 saturated heterocycles. The molecule has 2 aromatic carbocycles. The number of aryl methyl sites for hydroxylation is 1. The first-order valence-corrected chi connectivity index (χ1v) is 7.48. The number of hydrogen-bond acceptors (Lipinski definition) is 1. The van der Waals surface area contributed by atoms with Crippen molar-refractivity contribution < 1.29 is 4.79 Å². The Kier molecular flexibility index (Phi) is 4.56. The van der Waals surface area contributed by atoms with Crippen LogP contribution in [0.25, 0.3) is 0 Å². The molecule has 92 valence electrons. The van der Waals surface area contributed by atoms with E-state index in [9.17, 15) is 4.79 Å². The minimum absolute atomic E-state index is 0.168. The predicted molar refractivity (Wildman–Crippen MR) is 86.1 cm³/mol. The molecular weight excluding hydrogens is 403 g/mol. The van der Waals surface area contributed by atoms with Gasteiger partial charge in [-0.2, -0.15) is 0 Å². The second-order valence-corrected chi connectivity index (χ2v) is 6.16. The average molecular weight is 415 g/mol. The van der Waals surface area contributed by atoms with E-state index in [4.69, 9.17) is 0 Å². The Bertz CT molecular complexity index is 593. The molecule has 1 nitrogen and oxygen atoms in total. The molecule has 0 radical (unpaired) electrons. The molecule has 0 saturated carbocycles. The van der Waals surface area contributed by atoms with Crippen LogP contribution in [-0.2, 0) is 6.42 Å². The minimum atomic E-state index is 0.168. The van der Waals surface area contributed by atoms with Crippen molar-refractivity contribution in [3.05, 3.63) is 67.2 Å². The summed E-state index contributed by atoms with van der Waals surface area (Å²) in [6.07, 6.45) is 0.443. The van der Waals surface area contributed by atoms with Gasteiger partial charge < -0.3 is 0 Å². The molecule has 2 rings (SSSR count).